The molecule has 0 bridgehead atoms. The van der Waals surface area contributed by atoms with Gasteiger partial charge >= 0.3 is 0 Å². The minimum Gasteiger partial charge on any atom is -0.489 e. The number of ether oxygens (including phenoxy) is 1. The van der Waals surface area contributed by atoms with Crippen molar-refractivity contribution in [2.24, 2.45) is 16.2 Å². The van der Waals surface area contributed by atoms with Crippen molar-refractivity contribution >= 4 is 52.5 Å². The smallest absolute Gasteiger partial charge is 0.262 e. The first-order valence-electron chi connectivity index (χ1n) is 21.4. The van der Waals surface area contributed by atoms with Crippen LogP contribution in [0.2, 0.25) is 5.02 Å². The molecule has 1 aliphatic carbocycles. The number of carbonyl (C=O) groups is 5. The highest BCUT2D eigenvalue weighted by molar-refractivity contribution is 6.31. The quantitative estimate of drug-likeness (QED) is 0.273. The number of imide groups is 2. The average Bonchev–Trinajstić information content (AvgIpc) is 3.67. The van der Waals surface area contributed by atoms with Crippen LogP contribution >= 0.6 is 11.6 Å². The van der Waals surface area contributed by atoms with E-state index in [1.54, 1.807) is 30.3 Å². The molecule has 14 heteroatoms. The summed E-state index contributed by atoms with van der Waals surface area (Å²) < 4.78 is 6.51. The maximum atomic E-state index is 14.0. The summed E-state index contributed by atoms with van der Waals surface area (Å²) in [6, 6.07) is 17.9. The van der Waals surface area contributed by atoms with E-state index in [0.29, 0.717) is 34.0 Å². The Hall–Kier alpha value is -5.45. The molecule has 3 aromatic rings. The monoisotopic (exact) mass is 845 g/mol. The third-order valence-electron chi connectivity index (χ3n) is 14.4. The molecule has 5 amide bonds. The molecule has 4 fully saturated rings. The molecule has 3 aromatic carbocycles. The fourth-order valence-electron chi connectivity index (χ4n) is 11.6. The first-order valence-corrected chi connectivity index (χ1v) is 21.7. The molecule has 6 aliphatic rings. The van der Waals surface area contributed by atoms with E-state index in [2.05, 4.69) is 72.8 Å². The third-order valence-corrected chi connectivity index (χ3v) is 14.7. The molecule has 61 heavy (non-hydrogen) atoms. The molecule has 0 spiro atoms. The molecule has 13 nitrogen and oxygen atoms in total. The van der Waals surface area contributed by atoms with Gasteiger partial charge in [-0.2, -0.15) is 5.26 Å². The highest BCUT2D eigenvalue weighted by atomic mass is 35.5. The SMILES string of the molecule is CC1(CN2CCN(c3ccc4c(c3)CN(C3C(C)(C)C(Oc5ccc(C#N)c(Cl)c5)C3(C)C)C4=O)CC2)CCN(c2ccc3c(c2)C(=O)N(C2CCC(=O)NC2=O)C3=O)CC1. The Bertz CT molecular complexity index is 2390. The zero-order valence-electron chi connectivity index (χ0n) is 35.4. The maximum absolute atomic E-state index is 14.0. The number of hydrogen-bond donors (Lipinski definition) is 1. The van der Waals surface area contributed by atoms with Gasteiger partial charge in [0.15, 0.2) is 0 Å². The summed E-state index contributed by atoms with van der Waals surface area (Å²) >= 11 is 6.31. The van der Waals surface area contributed by atoms with E-state index >= 15 is 0 Å². The van der Waals surface area contributed by atoms with Crippen LogP contribution in [0.25, 0.3) is 0 Å². The summed E-state index contributed by atoms with van der Waals surface area (Å²) in [6.07, 6.45) is 2.03. The minimum absolute atomic E-state index is 0.0416. The summed E-state index contributed by atoms with van der Waals surface area (Å²) in [5, 5.41) is 11.9. The van der Waals surface area contributed by atoms with Crippen molar-refractivity contribution in [2.75, 3.05) is 55.6 Å². The van der Waals surface area contributed by atoms with Crippen molar-refractivity contribution in [1.29, 1.82) is 5.26 Å². The standard InChI is InChI=1S/C47H52ClN7O6/c1-45(2)43(46(3,4)44(45)61-32-9-6-28(25-49)36(48)24-32)54-26-29-22-30(7-10-33(29)40(54)58)53-20-18-51(19-21-53)27-47(5)14-16-52(17-15-47)31-8-11-34-35(23-31)42(60)55(41(34)59)37-12-13-38(56)50-39(37)57/h6-11,22-24,37,43-44H,12-21,26-27H2,1-5H3,(H,50,56,57). The van der Waals surface area contributed by atoms with Gasteiger partial charge in [0, 0.05) is 98.7 Å². The summed E-state index contributed by atoms with van der Waals surface area (Å²) in [5.74, 6) is -1.29. The zero-order valence-corrected chi connectivity index (χ0v) is 36.2. The number of amides is 5. The zero-order chi connectivity index (χ0) is 43.2. The molecular weight excluding hydrogens is 794 g/mol. The van der Waals surface area contributed by atoms with Gasteiger partial charge in [0.1, 0.15) is 24.0 Å². The van der Waals surface area contributed by atoms with E-state index in [0.717, 1.165) is 86.1 Å². The summed E-state index contributed by atoms with van der Waals surface area (Å²) in [5.41, 5.74) is 4.34. The number of piperidine rings is 2. The summed E-state index contributed by atoms with van der Waals surface area (Å²) in [4.78, 5) is 75.1. The van der Waals surface area contributed by atoms with Gasteiger partial charge in [0.25, 0.3) is 17.7 Å². The second kappa shape index (κ2) is 14.9. The molecule has 1 unspecified atom stereocenters. The molecule has 0 radical (unpaired) electrons. The number of nitrogens with one attached hydrogen (secondary N) is 1. The highest BCUT2D eigenvalue weighted by Crippen LogP contribution is 2.59. The lowest BCUT2D eigenvalue weighted by Gasteiger charge is -2.65. The van der Waals surface area contributed by atoms with Crippen molar-refractivity contribution in [3.8, 4) is 11.8 Å². The predicted octanol–water partition coefficient (Wildman–Crippen LogP) is 5.88. The Kier molecular flexibility index (Phi) is 9.98. The van der Waals surface area contributed by atoms with Crippen LogP contribution in [0.15, 0.2) is 54.6 Å². The number of halogens is 1. The molecule has 3 saturated heterocycles. The Morgan fingerprint density at radius 3 is 2.07 bits per heavy atom. The van der Waals surface area contributed by atoms with Gasteiger partial charge in [0.05, 0.1) is 21.7 Å². The molecule has 1 saturated carbocycles. The molecule has 5 heterocycles. The Labute approximate surface area is 361 Å². The number of fused-ring (bicyclic) bond motifs is 2. The van der Waals surface area contributed by atoms with Gasteiger partial charge in [-0.05, 0) is 78.8 Å². The first kappa shape index (κ1) is 40.9. The van der Waals surface area contributed by atoms with Crippen LogP contribution in [0.4, 0.5) is 11.4 Å². The van der Waals surface area contributed by atoms with E-state index in [1.807, 2.05) is 17.0 Å². The molecule has 0 aromatic heterocycles. The Morgan fingerprint density at radius 1 is 0.770 bits per heavy atom. The number of nitrogens with zero attached hydrogens (tertiary/aromatic N) is 6. The lowest BCUT2D eigenvalue weighted by molar-refractivity contribution is -0.199. The van der Waals surface area contributed by atoms with Crippen molar-refractivity contribution in [3.05, 3.63) is 87.4 Å². The Morgan fingerprint density at radius 2 is 1.41 bits per heavy atom. The van der Waals surface area contributed by atoms with Crippen LogP contribution in [-0.2, 0) is 16.1 Å². The number of benzene rings is 3. The highest BCUT2D eigenvalue weighted by Gasteiger charge is 2.67. The van der Waals surface area contributed by atoms with Gasteiger partial charge < -0.3 is 19.4 Å². The van der Waals surface area contributed by atoms with E-state index in [4.69, 9.17) is 16.3 Å². The Balaban J connectivity index is 0.780. The second-order valence-electron chi connectivity index (χ2n) is 19.3. The van der Waals surface area contributed by atoms with Gasteiger partial charge in [-0.15, -0.1) is 0 Å². The van der Waals surface area contributed by atoms with Crippen molar-refractivity contribution < 1.29 is 28.7 Å². The fraction of sp³-hybridized carbons (Fsp3) is 0.489. The van der Waals surface area contributed by atoms with Crippen LogP contribution in [0.1, 0.15) is 103 Å². The molecule has 1 atom stereocenters. The van der Waals surface area contributed by atoms with Crippen LogP contribution < -0.4 is 19.9 Å². The molecule has 1 N–H and O–H groups in total. The summed E-state index contributed by atoms with van der Waals surface area (Å²) in [6.45, 7) is 17.9. The molecule has 318 valence electrons. The number of rotatable bonds is 8. The van der Waals surface area contributed by atoms with Gasteiger partial charge in [-0.25, -0.2) is 0 Å². The molecule has 5 aliphatic heterocycles. The van der Waals surface area contributed by atoms with E-state index < -0.39 is 29.7 Å². The van der Waals surface area contributed by atoms with E-state index in [-0.39, 0.29) is 47.1 Å². The van der Waals surface area contributed by atoms with Crippen LogP contribution in [0.5, 0.6) is 5.75 Å². The van der Waals surface area contributed by atoms with Gasteiger partial charge in [-0.1, -0.05) is 46.2 Å². The van der Waals surface area contributed by atoms with Crippen molar-refractivity contribution in [3.63, 3.8) is 0 Å². The van der Waals surface area contributed by atoms with E-state index in [9.17, 15) is 29.2 Å². The predicted molar refractivity (Wildman–Crippen MR) is 230 cm³/mol. The fourth-order valence-corrected chi connectivity index (χ4v) is 11.8. The van der Waals surface area contributed by atoms with E-state index in [1.165, 1.54) is 0 Å². The van der Waals surface area contributed by atoms with Crippen molar-refractivity contribution in [2.45, 2.75) is 85.0 Å². The largest absolute Gasteiger partial charge is 0.489 e. The topological polar surface area (TPSA) is 147 Å². The number of hydrogen-bond acceptors (Lipinski definition) is 10. The van der Waals surface area contributed by atoms with Crippen molar-refractivity contribution in [1.82, 2.24) is 20.0 Å². The van der Waals surface area contributed by atoms with Crippen LogP contribution in [0, 0.1) is 27.6 Å². The van der Waals surface area contributed by atoms with Crippen LogP contribution in [-0.4, -0.2) is 108 Å². The maximum Gasteiger partial charge on any atom is 0.262 e. The van der Waals surface area contributed by atoms with Crippen LogP contribution in [0.3, 0.4) is 0 Å². The van der Waals surface area contributed by atoms with Gasteiger partial charge in [-0.3, -0.25) is 39.1 Å². The average molecular weight is 846 g/mol. The number of carbonyl (C=O) groups excluding carboxylic acids is 5. The first-order chi connectivity index (χ1) is 29.0. The molecular formula is C47H52ClN7O6. The van der Waals surface area contributed by atoms with Gasteiger partial charge in [0.2, 0.25) is 11.8 Å². The second-order valence-corrected chi connectivity index (χ2v) is 19.7. The minimum atomic E-state index is -0.978. The molecule has 9 rings (SSSR count). The summed E-state index contributed by atoms with van der Waals surface area (Å²) in [7, 11) is 0. The lowest BCUT2D eigenvalue weighted by Crippen LogP contribution is -2.74. The number of piperazine rings is 1. The lowest BCUT2D eigenvalue weighted by atomic mass is 9.49. The number of nitriles is 1. The normalized spacial score (nSPS) is 25.5. The number of anilines is 2. The third kappa shape index (κ3) is 6.92.